The number of nitrogens with one attached hydrogen (secondary N) is 1. The van der Waals surface area contributed by atoms with E-state index in [1.807, 2.05) is 37.3 Å². The Morgan fingerprint density at radius 2 is 2.00 bits per heavy atom. The second-order valence-electron chi connectivity index (χ2n) is 5.17. The predicted octanol–water partition coefficient (Wildman–Crippen LogP) is 4.49. The van der Waals surface area contributed by atoms with Gasteiger partial charge in [0.15, 0.2) is 0 Å². The minimum absolute atomic E-state index is 0.0214. The number of hydrogen-bond acceptors (Lipinski definition) is 4. The molecule has 2 aromatic carbocycles. The van der Waals surface area contributed by atoms with Crippen molar-refractivity contribution in [2.75, 3.05) is 0 Å². The highest BCUT2D eigenvalue weighted by Gasteiger charge is 2.11. The standard InChI is InChI=1S/C17H15BrFN3O/c1-11(12-4-3-7-15(19)9-12)20-10-16-21-22-17(23-16)13-5-2-6-14(18)8-13/h2-9,11,20H,10H2,1H3. The number of rotatable bonds is 5. The van der Waals surface area contributed by atoms with Gasteiger partial charge in [0.05, 0.1) is 6.54 Å². The zero-order valence-electron chi connectivity index (χ0n) is 12.5. The lowest BCUT2D eigenvalue weighted by Crippen LogP contribution is -2.18. The predicted molar refractivity (Wildman–Crippen MR) is 89.1 cm³/mol. The third-order valence-electron chi connectivity index (χ3n) is 3.45. The van der Waals surface area contributed by atoms with Crippen LogP contribution >= 0.6 is 15.9 Å². The molecule has 118 valence electrons. The highest BCUT2D eigenvalue weighted by molar-refractivity contribution is 9.10. The average Bonchev–Trinajstić information content (AvgIpc) is 3.01. The number of hydrogen-bond donors (Lipinski definition) is 1. The third-order valence-corrected chi connectivity index (χ3v) is 3.94. The molecule has 1 unspecified atom stereocenters. The first-order valence-electron chi connectivity index (χ1n) is 7.19. The lowest BCUT2D eigenvalue weighted by molar-refractivity contribution is 0.453. The Balaban J connectivity index is 1.65. The summed E-state index contributed by atoms with van der Waals surface area (Å²) in [6.07, 6.45) is 0. The summed E-state index contributed by atoms with van der Waals surface area (Å²) in [6.45, 7) is 2.37. The van der Waals surface area contributed by atoms with Gasteiger partial charge in [-0.15, -0.1) is 10.2 Å². The topological polar surface area (TPSA) is 51.0 Å². The summed E-state index contributed by atoms with van der Waals surface area (Å²) in [5, 5.41) is 11.3. The number of benzene rings is 2. The van der Waals surface area contributed by atoms with Crippen LogP contribution in [0.2, 0.25) is 0 Å². The average molecular weight is 376 g/mol. The van der Waals surface area contributed by atoms with Crippen molar-refractivity contribution < 1.29 is 8.81 Å². The van der Waals surface area contributed by atoms with Crippen molar-refractivity contribution in [1.82, 2.24) is 15.5 Å². The van der Waals surface area contributed by atoms with E-state index in [4.69, 9.17) is 4.42 Å². The van der Waals surface area contributed by atoms with Crippen LogP contribution in [0.1, 0.15) is 24.4 Å². The molecule has 1 N–H and O–H groups in total. The molecule has 23 heavy (non-hydrogen) atoms. The first kappa shape index (κ1) is 15.8. The van der Waals surface area contributed by atoms with Crippen molar-refractivity contribution in [3.63, 3.8) is 0 Å². The molecule has 0 aliphatic heterocycles. The van der Waals surface area contributed by atoms with Crippen LogP contribution in [-0.2, 0) is 6.54 Å². The van der Waals surface area contributed by atoms with Gasteiger partial charge in [0.25, 0.3) is 0 Å². The van der Waals surface area contributed by atoms with E-state index in [9.17, 15) is 4.39 Å². The van der Waals surface area contributed by atoms with Gasteiger partial charge in [-0.25, -0.2) is 4.39 Å². The molecule has 3 rings (SSSR count). The molecule has 1 heterocycles. The van der Waals surface area contributed by atoms with E-state index in [0.717, 1.165) is 15.6 Å². The van der Waals surface area contributed by atoms with Gasteiger partial charge >= 0.3 is 0 Å². The summed E-state index contributed by atoms with van der Waals surface area (Å²) in [6, 6.07) is 14.2. The highest BCUT2D eigenvalue weighted by atomic mass is 79.9. The normalized spacial score (nSPS) is 12.3. The van der Waals surface area contributed by atoms with Crippen molar-refractivity contribution in [2.24, 2.45) is 0 Å². The minimum Gasteiger partial charge on any atom is -0.419 e. The quantitative estimate of drug-likeness (QED) is 0.713. The number of nitrogens with zero attached hydrogens (tertiary/aromatic N) is 2. The second kappa shape index (κ2) is 7.02. The fourth-order valence-corrected chi connectivity index (χ4v) is 2.60. The Morgan fingerprint density at radius 1 is 1.17 bits per heavy atom. The van der Waals surface area contributed by atoms with Crippen LogP contribution < -0.4 is 5.32 Å². The summed E-state index contributed by atoms with van der Waals surface area (Å²) in [7, 11) is 0. The van der Waals surface area contributed by atoms with E-state index in [2.05, 4.69) is 31.4 Å². The van der Waals surface area contributed by atoms with Crippen LogP contribution in [0.3, 0.4) is 0 Å². The van der Waals surface area contributed by atoms with E-state index in [-0.39, 0.29) is 11.9 Å². The largest absolute Gasteiger partial charge is 0.419 e. The fraction of sp³-hybridized carbons (Fsp3) is 0.176. The molecule has 3 aromatic rings. The highest BCUT2D eigenvalue weighted by Crippen LogP contribution is 2.22. The molecular weight excluding hydrogens is 361 g/mol. The SMILES string of the molecule is CC(NCc1nnc(-c2cccc(Br)c2)o1)c1cccc(F)c1. The first-order chi connectivity index (χ1) is 11.1. The van der Waals surface area contributed by atoms with Gasteiger partial charge in [-0.2, -0.15) is 0 Å². The molecule has 0 bridgehead atoms. The van der Waals surface area contributed by atoms with Gasteiger partial charge in [-0.3, -0.25) is 0 Å². The molecule has 4 nitrogen and oxygen atoms in total. The lowest BCUT2D eigenvalue weighted by atomic mass is 10.1. The van der Waals surface area contributed by atoms with Crippen molar-refractivity contribution in [3.05, 3.63) is 70.3 Å². The molecule has 1 atom stereocenters. The Labute approximate surface area is 141 Å². The van der Waals surface area contributed by atoms with Crippen LogP contribution in [0.4, 0.5) is 4.39 Å². The van der Waals surface area contributed by atoms with Crippen LogP contribution in [0.25, 0.3) is 11.5 Å². The summed E-state index contributed by atoms with van der Waals surface area (Å²) in [5.41, 5.74) is 1.73. The van der Waals surface area contributed by atoms with Gasteiger partial charge in [0.1, 0.15) is 5.82 Å². The van der Waals surface area contributed by atoms with Crippen LogP contribution in [-0.4, -0.2) is 10.2 Å². The fourth-order valence-electron chi connectivity index (χ4n) is 2.20. The Kier molecular flexibility index (Phi) is 4.83. The van der Waals surface area contributed by atoms with Crippen molar-refractivity contribution in [3.8, 4) is 11.5 Å². The Hall–Kier alpha value is -2.05. The molecule has 0 aliphatic rings. The summed E-state index contributed by atoms with van der Waals surface area (Å²) >= 11 is 3.41. The molecule has 0 spiro atoms. The van der Waals surface area contributed by atoms with E-state index in [0.29, 0.717) is 18.3 Å². The van der Waals surface area contributed by atoms with Gasteiger partial charge in [0, 0.05) is 16.1 Å². The maximum absolute atomic E-state index is 13.2. The Bertz CT molecular complexity index is 806. The number of halogens is 2. The van der Waals surface area contributed by atoms with Crippen molar-refractivity contribution in [1.29, 1.82) is 0 Å². The summed E-state index contributed by atoms with van der Waals surface area (Å²) in [5.74, 6) is 0.718. The van der Waals surface area contributed by atoms with E-state index >= 15 is 0 Å². The van der Waals surface area contributed by atoms with Gasteiger partial charge in [-0.1, -0.05) is 34.1 Å². The first-order valence-corrected chi connectivity index (χ1v) is 7.98. The molecule has 0 fully saturated rings. The number of aromatic nitrogens is 2. The second-order valence-corrected chi connectivity index (χ2v) is 6.08. The van der Waals surface area contributed by atoms with Gasteiger partial charge in [0.2, 0.25) is 11.8 Å². The molecule has 0 radical (unpaired) electrons. The van der Waals surface area contributed by atoms with Crippen molar-refractivity contribution >= 4 is 15.9 Å². The lowest BCUT2D eigenvalue weighted by Gasteiger charge is -2.12. The maximum atomic E-state index is 13.2. The Morgan fingerprint density at radius 3 is 2.78 bits per heavy atom. The molecule has 1 aromatic heterocycles. The molecule has 0 aliphatic carbocycles. The van der Waals surface area contributed by atoms with Crippen LogP contribution in [0.5, 0.6) is 0 Å². The monoisotopic (exact) mass is 375 g/mol. The molecule has 6 heteroatoms. The van der Waals surface area contributed by atoms with Gasteiger partial charge < -0.3 is 9.73 Å². The van der Waals surface area contributed by atoms with Crippen molar-refractivity contribution in [2.45, 2.75) is 19.5 Å². The molecule has 0 saturated carbocycles. The molecule has 0 amide bonds. The molecular formula is C17H15BrFN3O. The smallest absolute Gasteiger partial charge is 0.247 e. The van der Waals surface area contributed by atoms with E-state index < -0.39 is 0 Å². The van der Waals surface area contributed by atoms with E-state index in [1.54, 1.807) is 6.07 Å². The minimum atomic E-state index is -0.245. The molecule has 0 saturated heterocycles. The van der Waals surface area contributed by atoms with Crippen LogP contribution in [0, 0.1) is 5.82 Å². The maximum Gasteiger partial charge on any atom is 0.247 e. The summed E-state index contributed by atoms with van der Waals surface area (Å²) in [4.78, 5) is 0. The van der Waals surface area contributed by atoms with E-state index in [1.165, 1.54) is 12.1 Å². The third kappa shape index (κ3) is 4.03. The zero-order chi connectivity index (χ0) is 16.2. The summed E-state index contributed by atoms with van der Waals surface area (Å²) < 4.78 is 19.8. The van der Waals surface area contributed by atoms with Gasteiger partial charge in [-0.05, 0) is 42.8 Å². The van der Waals surface area contributed by atoms with Crippen LogP contribution in [0.15, 0.2) is 57.4 Å². The zero-order valence-corrected chi connectivity index (χ0v) is 14.0.